The van der Waals surface area contributed by atoms with Crippen molar-refractivity contribution in [3.8, 4) is 0 Å². The number of ether oxygens (including phenoxy) is 1. The van der Waals surface area contributed by atoms with Gasteiger partial charge in [0.2, 0.25) is 10.0 Å². The van der Waals surface area contributed by atoms with Crippen LogP contribution in [0, 0.1) is 5.92 Å². The van der Waals surface area contributed by atoms with Crippen LogP contribution < -0.4 is 4.72 Å². The molecule has 24 heavy (non-hydrogen) atoms. The number of hydrogen-bond donors (Lipinski definition) is 1. The van der Waals surface area contributed by atoms with Crippen molar-refractivity contribution in [1.29, 1.82) is 0 Å². The number of esters is 1. The number of hydrogen-bond acceptors (Lipinski definition) is 5. The van der Waals surface area contributed by atoms with E-state index >= 15 is 0 Å². The molecule has 7 nitrogen and oxygen atoms in total. The van der Waals surface area contributed by atoms with Crippen LogP contribution in [0.5, 0.6) is 0 Å². The van der Waals surface area contributed by atoms with Crippen molar-refractivity contribution in [2.45, 2.75) is 6.42 Å². The Balaban J connectivity index is 1.99. The van der Waals surface area contributed by atoms with Crippen LogP contribution in [0.2, 0.25) is 0 Å². The van der Waals surface area contributed by atoms with Crippen molar-refractivity contribution in [2.24, 2.45) is 5.92 Å². The molecule has 1 aromatic rings. The van der Waals surface area contributed by atoms with Gasteiger partial charge in [0.25, 0.3) is 5.91 Å². The second-order valence-corrected chi connectivity index (χ2v) is 7.25. The van der Waals surface area contributed by atoms with Crippen molar-refractivity contribution in [2.75, 3.05) is 26.7 Å². The van der Waals surface area contributed by atoms with Gasteiger partial charge in [0, 0.05) is 30.6 Å². The normalized spacial score (nSPS) is 17.5. The van der Waals surface area contributed by atoms with Gasteiger partial charge >= 0.3 is 5.97 Å². The van der Waals surface area contributed by atoms with Gasteiger partial charge in [-0.1, -0.05) is 12.6 Å². The number of sulfonamides is 1. The lowest BCUT2D eigenvalue weighted by Crippen LogP contribution is -2.32. The molecule has 0 saturated carbocycles. The largest absolute Gasteiger partial charge is 0.465 e. The Morgan fingerprint density at radius 2 is 2.12 bits per heavy atom. The van der Waals surface area contributed by atoms with E-state index in [2.05, 4.69) is 16.0 Å². The Morgan fingerprint density at radius 3 is 2.79 bits per heavy atom. The van der Waals surface area contributed by atoms with Gasteiger partial charge in [-0.3, -0.25) is 4.79 Å². The fraction of sp³-hybridized carbons (Fsp3) is 0.375. The number of benzene rings is 1. The maximum absolute atomic E-state index is 12.5. The molecule has 0 radical (unpaired) electrons. The number of carbonyl (C=O) groups excluding carboxylic acids is 2. The van der Waals surface area contributed by atoms with Crippen LogP contribution in [0.15, 0.2) is 36.3 Å². The standard InChI is InChI=1S/C16H20N2O5S/c1-3-24(21,22)17-10-12-7-8-18(11-12)15(19)13-5-4-6-14(9-13)16(20)23-2/h3-6,9,12,17H,1,7-8,10-11H2,2H3/t12-/m1/s1. The molecule has 1 N–H and O–H groups in total. The monoisotopic (exact) mass is 352 g/mol. The maximum Gasteiger partial charge on any atom is 0.337 e. The summed E-state index contributed by atoms with van der Waals surface area (Å²) in [5, 5.41) is 0.864. The van der Waals surface area contributed by atoms with Crippen molar-refractivity contribution in [3.63, 3.8) is 0 Å². The molecule has 1 aliphatic rings. The van der Waals surface area contributed by atoms with Gasteiger partial charge in [-0.05, 0) is 30.5 Å². The Bertz CT molecular complexity index is 745. The Hall–Kier alpha value is -2.19. The number of rotatable bonds is 6. The Kier molecular flexibility index (Phi) is 5.74. The topological polar surface area (TPSA) is 92.8 Å². The first-order chi connectivity index (χ1) is 11.4. The summed E-state index contributed by atoms with van der Waals surface area (Å²) in [5.74, 6) is -0.634. The number of nitrogens with one attached hydrogen (secondary N) is 1. The first-order valence-corrected chi connectivity index (χ1v) is 9.00. The van der Waals surface area contributed by atoms with Crippen molar-refractivity contribution in [1.82, 2.24) is 9.62 Å². The summed E-state index contributed by atoms with van der Waals surface area (Å²) in [5.41, 5.74) is 0.725. The highest BCUT2D eigenvalue weighted by molar-refractivity contribution is 7.92. The Morgan fingerprint density at radius 1 is 1.42 bits per heavy atom. The van der Waals surface area contributed by atoms with E-state index in [4.69, 9.17) is 0 Å². The van der Waals surface area contributed by atoms with E-state index < -0.39 is 16.0 Å². The summed E-state index contributed by atoms with van der Waals surface area (Å²) in [6, 6.07) is 6.36. The lowest BCUT2D eigenvalue weighted by Gasteiger charge is -2.17. The number of amides is 1. The zero-order chi connectivity index (χ0) is 17.7. The molecule has 1 aromatic carbocycles. The SMILES string of the molecule is C=CS(=O)(=O)NC[C@H]1CCN(C(=O)c2cccc(C(=O)OC)c2)C1. The lowest BCUT2D eigenvalue weighted by atomic mass is 10.1. The lowest BCUT2D eigenvalue weighted by molar-refractivity contribution is 0.0600. The summed E-state index contributed by atoms with van der Waals surface area (Å²) < 4.78 is 29.8. The molecule has 1 fully saturated rings. The van der Waals surface area contributed by atoms with Gasteiger partial charge in [-0.15, -0.1) is 0 Å². The average molecular weight is 352 g/mol. The molecular formula is C16H20N2O5S. The van der Waals surface area contributed by atoms with Gasteiger partial charge < -0.3 is 9.64 Å². The summed E-state index contributed by atoms with van der Waals surface area (Å²) in [6.07, 6.45) is 0.710. The third-order valence-electron chi connectivity index (χ3n) is 3.90. The highest BCUT2D eigenvalue weighted by Crippen LogP contribution is 2.19. The molecule has 130 valence electrons. The second kappa shape index (κ2) is 7.59. The van der Waals surface area contributed by atoms with Crippen LogP contribution in [0.4, 0.5) is 0 Å². The van der Waals surface area contributed by atoms with Crippen LogP contribution in [-0.4, -0.2) is 51.9 Å². The minimum absolute atomic E-state index is 0.0486. The zero-order valence-electron chi connectivity index (χ0n) is 13.4. The molecule has 1 heterocycles. The van der Waals surface area contributed by atoms with E-state index in [9.17, 15) is 18.0 Å². The minimum Gasteiger partial charge on any atom is -0.465 e. The van der Waals surface area contributed by atoms with E-state index in [1.54, 1.807) is 23.1 Å². The fourth-order valence-electron chi connectivity index (χ4n) is 2.56. The van der Waals surface area contributed by atoms with E-state index in [0.29, 0.717) is 30.6 Å². The summed E-state index contributed by atoms with van der Waals surface area (Å²) in [6.45, 7) is 4.50. The zero-order valence-corrected chi connectivity index (χ0v) is 14.2. The summed E-state index contributed by atoms with van der Waals surface area (Å²) in [4.78, 5) is 25.7. The first-order valence-electron chi connectivity index (χ1n) is 7.46. The highest BCUT2D eigenvalue weighted by Gasteiger charge is 2.27. The van der Waals surface area contributed by atoms with Crippen molar-refractivity contribution < 1.29 is 22.7 Å². The molecule has 8 heteroatoms. The summed E-state index contributed by atoms with van der Waals surface area (Å²) in [7, 11) is -2.17. The number of nitrogens with zero attached hydrogens (tertiary/aromatic N) is 1. The van der Waals surface area contributed by atoms with Gasteiger partial charge in [-0.2, -0.15) is 0 Å². The average Bonchev–Trinajstić information content (AvgIpc) is 3.08. The van der Waals surface area contributed by atoms with Crippen LogP contribution in [0.3, 0.4) is 0 Å². The van der Waals surface area contributed by atoms with E-state index in [1.807, 2.05) is 0 Å². The number of likely N-dealkylation sites (tertiary alicyclic amines) is 1. The molecule has 1 saturated heterocycles. The molecule has 0 spiro atoms. The molecule has 1 amide bonds. The molecular weight excluding hydrogens is 332 g/mol. The predicted octanol–water partition coefficient (Wildman–Crippen LogP) is 0.998. The molecule has 0 bridgehead atoms. The maximum atomic E-state index is 12.5. The molecule has 1 atom stereocenters. The van der Waals surface area contributed by atoms with Crippen LogP contribution in [0.1, 0.15) is 27.1 Å². The molecule has 1 aliphatic heterocycles. The van der Waals surface area contributed by atoms with Crippen molar-refractivity contribution >= 4 is 21.9 Å². The molecule has 0 aromatic heterocycles. The number of methoxy groups -OCH3 is 1. The minimum atomic E-state index is -3.46. The van der Waals surface area contributed by atoms with Crippen molar-refractivity contribution in [3.05, 3.63) is 47.4 Å². The third kappa shape index (κ3) is 4.42. The third-order valence-corrected chi connectivity index (χ3v) is 4.90. The van der Waals surface area contributed by atoms with E-state index in [0.717, 1.165) is 5.41 Å². The van der Waals surface area contributed by atoms with Gasteiger partial charge in [-0.25, -0.2) is 17.9 Å². The molecule has 0 aliphatic carbocycles. The quantitative estimate of drug-likeness (QED) is 0.771. The fourth-order valence-corrected chi connectivity index (χ4v) is 3.14. The highest BCUT2D eigenvalue weighted by atomic mass is 32.2. The van der Waals surface area contributed by atoms with Crippen LogP contribution >= 0.6 is 0 Å². The van der Waals surface area contributed by atoms with E-state index in [1.165, 1.54) is 13.2 Å². The number of carbonyl (C=O) groups is 2. The van der Waals surface area contributed by atoms with Gasteiger partial charge in [0.05, 0.1) is 12.7 Å². The predicted molar refractivity (Wildman–Crippen MR) is 88.9 cm³/mol. The summed E-state index contributed by atoms with van der Waals surface area (Å²) >= 11 is 0. The van der Waals surface area contributed by atoms with Crippen LogP contribution in [0.25, 0.3) is 0 Å². The van der Waals surface area contributed by atoms with Crippen LogP contribution in [-0.2, 0) is 14.8 Å². The van der Waals surface area contributed by atoms with E-state index in [-0.39, 0.29) is 18.4 Å². The van der Waals surface area contributed by atoms with Gasteiger partial charge in [0.1, 0.15) is 0 Å². The Labute approximate surface area is 141 Å². The molecule has 0 unspecified atom stereocenters. The van der Waals surface area contributed by atoms with Gasteiger partial charge in [0.15, 0.2) is 0 Å². The smallest absolute Gasteiger partial charge is 0.337 e. The molecule has 2 rings (SSSR count). The first kappa shape index (κ1) is 18.2. The second-order valence-electron chi connectivity index (χ2n) is 5.54.